The monoisotopic (exact) mass is 419 g/mol. The third-order valence-corrected chi connectivity index (χ3v) is 5.80. The Morgan fingerprint density at radius 2 is 1.94 bits per heavy atom. The van der Waals surface area contributed by atoms with Crippen LogP contribution in [0, 0.1) is 11.3 Å². The first kappa shape index (κ1) is 21.4. The summed E-state index contributed by atoms with van der Waals surface area (Å²) < 4.78 is 11.2. The molecule has 6 heteroatoms. The number of nitriles is 1. The fourth-order valence-corrected chi connectivity index (χ4v) is 4.17. The van der Waals surface area contributed by atoms with Gasteiger partial charge in [0.05, 0.1) is 6.61 Å². The van der Waals surface area contributed by atoms with Gasteiger partial charge in [-0.2, -0.15) is 5.26 Å². The van der Waals surface area contributed by atoms with Gasteiger partial charge in [0.1, 0.15) is 17.7 Å². The number of fused-ring (bicyclic) bond motifs is 1. The molecule has 31 heavy (non-hydrogen) atoms. The summed E-state index contributed by atoms with van der Waals surface area (Å²) in [5.74, 6) is -1.04. The molecular formula is C25H29N3O3. The number of rotatable bonds is 5. The fourth-order valence-electron chi connectivity index (χ4n) is 4.17. The summed E-state index contributed by atoms with van der Waals surface area (Å²) in [6.07, 6.45) is 5.22. The van der Waals surface area contributed by atoms with Crippen LogP contribution in [-0.4, -0.2) is 44.0 Å². The number of anilines is 1. The number of benzene rings is 2. The van der Waals surface area contributed by atoms with Gasteiger partial charge in [0.15, 0.2) is 5.79 Å². The quantitative estimate of drug-likeness (QED) is 0.586. The molecule has 0 aliphatic carbocycles. The Kier molecular flexibility index (Phi) is 6.26. The largest absolute Gasteiger partial charge is 0.372 e. The van der Waals surface area contributed by atoms with Crippen LogP contribution in [0.25, 0.3) is 16.8 Å². The number of carbonyl (C=O) groups is 1. The summed E-state index contributed by atoms with van der Waals surface area (Å²) in [5.41, 5.74) is 2.16. The van der Waals surface area contributed by atoms with Crippen LogP contribution in [0.2, 0.25) is 0 Å². The zero-order chi connectivity index (χ0) is 21.8. The predicted molar refractivity (Wildman–Crippen MR) is 122 cm³/mol. The van der Waals surface area contributed by atoms with E-state index in [2.05, 4.69) is 28.4 Å². The van der Waals surface area contributed by atoms with Crippen LogP contribution in [-0.2, 0) is 14.3 Å². The van der Waals surface area contributed by atoms with Crippen LogP contribution in [0.3, 0.4) is 0 Å². The van der Waals surface area contributed by atoms with E-state index in [1.54, 1.807) is 6.08 Å². The van der Waals surface area contributed by atoms with Crippen molar-refractivity contribution >= 4 is 28.4 Å². The summed E-state index contributed by atoms with van der Waals surface area (Å²) in [5, 5.41) is 14.5. The smallest absolute Gasteiger partial charge is 0.262 e. The third-order valence-electron chi connectivity index (χ3n) is 5.80. The van der Waals surface area contributed by atoms with E-state index in [1.807, 2.05) is 38.1 Å². The molecule has 1 atom stereocenters. The molecule has 1 unspecified atom stereocenters. The van der Waals surface area contributed by atoms with Gasteiger partial charge in [0.2, 0.25) is 0 Å². The number of piperidine rings is 1. The van der Waals surface area contributed by atoms with Gasteiger partial charge < -0.3 is 19.7 Å². The molecule has 2 aliphatic heterocycles. The van der Waals surface area contributed by atoms with Crippen molar-refractivity contribution in [1.82, 2.24) is 5.32 Å². The molecule has 1 amide bonds. The van der Waals surface area contributed by atoms with E-state index in [9.17, 15) is 10.1 Å². The van der Waals surface area contributed by atoms with Crippen molar-refractivity contribution in [2.45, 2.75) is 45.0 Å². The van der Waals surface area contributed by atoms with Crippen molar-refractivity contribution in [2.75, 3.05) is 31.1 Å². The number of ether oxygens (including phenoxy) is 2. The van der Waals surface area contributed by atoms with E-state index in [4.69, 9.17) is 9.47 Å². The van der Waals surface area contributed by atoms with Gasteiger partial charge in [-0.25, -0.2) is 0 Å². The molecule has 0 radical (unpaired) electrons. The molecule has 4 rings (SSSR count). The summed E-state index contributed by atoms with van der Waals surface area (Å²) in [7, 11) is 0. The van der Waals surface area contributed by atoms with E-state index in [0.717, 1.165) is 29.4 Å². The highest BCUT2D eigenvalue weighted by molar-refractivity contribution is 6.02. The molecule has 0 aromatic heterocycles. The molecular weight excluding hydrogens is 390 g/mol. The highest BCUT2D eigenvalue weighted by Crippen LogP contribution is 2.26. The normalized spacial score (nSPS) is 21.1. The molecule has 2 fully saturated rings. The second-order valence-electron chi connectivity index (χ2n) is 8.67. The van der Waals surface area contributed by atoms with Gasteiger partial charge in [-0.3, -0.25) is 4.79 Å². The van der Waals surface area contributed by atoms with Crippen molar-refractivity contribution in [3.63, 3.8) is 0 Å². The van der Waals surface area contributed by atoms with E-state index in [0.29, 0.717) is 13.2 Å². The third kappa shape index (κ3) is 5.25. The molecule has 6 nitrogen and oxygen atoms in total. The lowest BCUT2D eigenvalue weighted by atomic mass is 10.0. The maximum absolute atomic E-state index is 12.5. The molecule has 0 bridgehead atoms. The SMILES string of the molecule is CC1(C)OCC(CNC(=O)C(C#N)=Cc2ccc3cc(N4CCCCC4)ccc3c2)O1. The lowest BCUT2D eigenvalue weighted by molar-refractivity contribution is -0.139. The molecule has 2 heterocycles. The Hall–Kier alpha value is -2.88. The summed E-state index contributed by atoms with van der Waals surface area (Å²) in [6.45, 7) is 6.63. The zero-order valence-electron chi connectivity index (χ0n) is 18.2. The topological polar surface area (TPSA) is 74.6 Å². The van der Waals surface area contributed by atoms with Gasteiger partial charge in [0, 0.05) is 25.3 Å². The maximum Gasteiger partial charge on any atom is 0.262 e. The predicted octanol–water partition coefficient (Wildman–Crippen LogP) is 4.00. The second kappa shape index (κ2) is 9.09. The Balaban J connectivity index is 1.45. The van der Waals surface area contributed by atoms with Gasteiger partial charge in [-0.1, -0.05) is 18.2 Å². The minimum Gasteiger partial charge on any atom is -0.372 e. The van der Waals surface area contributed by atoms with Gasteiger partial charge in [-0.15, -0.1) is 0 Å². The first-order valence-corrected chi connectivity index (χ1v) is 10.9. The fraction of sp³-hybridized carbons (Fsp3) is 0.440. The molecule has 2 saturated heterocycles. The van der Waals surface area contributed by atoms with Gasteiger partial charge in [-0.05, 0) is 73.7 Å². The number of carbonyl (C=O) groups excluding carboxylic acids is 1. The molecule has 2 aromatic carbocycles. The summed E-state index contributed by atoms with van der Waals surface area (Å²) in [4.78, 5) is 14.9. The standard InChI is InChI=1S/C25H29N3O3/c1-25(2)30-17-23(31-25)16-27-24(29)21(15-26)13-18-6-7-20-14-22(9-8-19(20)12-18)28-10-4-3-5-11-28/h6-9,12-14,23H,3-5,10-11,16-17H2,1-2H3,(H,27,29). The van der Waals surface area contributed by atoms with E-state index in [-0.39, 0.29) is 11.7 Å². The van der Waals surface area contributed by atoms with Crippen LogP contribution in [0.1, 0.15) is 38.7 Å². The number of nitrogens with zero attached hydrogens (tertiary/aromatic N) is 2. The Labute approximate surface area is 183 Å². The lowest BCUT2D eigenvalue weighted by Gasteiger charge is -2.29. The molecule has 2 aliphatic rings. The Morgan fingerprint density at radius 1 is 1.19 bits per heavy atom. The van der Waals surface area contributed by atoms with Crippen LogP contribution < -0.4 is 10.2 Å². The number of nitrogens with one attached hydrogen (secondary N) is 1. The molecule has 2 aromatic rings. The van der Waals surface area contributed by atoms with Gasteiger partial charge in [0.25, 0.3) is 5.91 Å². The van der Waals surface area contributed by atoms with Crippen molar-refractivity contribution in [1.29, 1.82) is 5.26 Å². The van der Waals surface area contributed by atoms with Crippen LogP contribution in [0.4, 0.5) is 5.69 Å². The van der Waals surface area contributed by atoms with Crippen molar-refractivity contribution in [3.05, 3.63) is 47.5 Å². The van der Waals surface area contributed by atoms with E-state index in [1.165, 1.54) is 24.9 Å². The Bertz CT molecular complexity index is 1030. The number of amides is 1. The first-order valence-electron chi connectivity index (χ1n) is 10.9. The van der Waals surface area contributed by atoms with E-state index >= 15 is 0 Å². The minimum absolute atomic E-state index is 0.0717. The lowest BCUT2D eigenvalue weighted by Crippen LogP contribution is -2.35. The van der Waals surface area contributed by atoms with Crippen LogP contribution >= 0.6 is 0 Å². The van der Waals surface area contributed by atoms with Crippen molar-refractivity contribution < 1.29 is 14.3 Å². The molecule has 0 saturated carbocycles. The molecule has 162 valence electrons. The highest BCUT2D eigenvalue weighted by Gasteiger charge is 2.32. The number of hydrogen-bond donors (Lipinski definition) is 1. The highest BCUT2D eigenvalue weighted by atomic mass is 16.7. The van der Waals surface area contributed by atoms with Crippen LogP contribution in [0.15, 0.2) is 42.0 Å². The summed E-state index contributed by atoms with van der Waals surface area (Å²) >= 11 is 0. The Morgan fingerprint density at radius 3 is 2.65 bits per heavy atom. The molecule has 0 spiro atoms. The number of hydrogen-bond acceptors (Lipinski definition) is 5. The maximum atomic E-state index is 12.5. The van der Waals surface area contributed by atoms with Gasteiger partial charge >= 0.3 is 0 Å². The van der Waals surface area contributed by atoms with Crippen molar-refractivity contribution in [3.8, 4) is 6.07 Å². The van der Waals surface area contributed by atoms with E-state index < -0.39 is 11.7 Å². The average molecular weight is 420 g/mol. The molecule has 1 N–H and O–H groups in total. The minimum atomic E-state index is -0.637. The first-order chi connectivity index (χ1) is 14.9. The average Bonchev–Trinajstić information content (AvgIpc) is 3.14. The second-order valence-corrected chi connectivity index (χ2v) is 8.67. The summed E-state index contributed by atoms with van der Waals surface area (Å²) in [6, 6.07) is 14.5. The van der Waals surface area contributed by atoms with Crippen molar-refractivity contribution in [2.24, 2.45) is 0 Å². The zero-order valence-corrected chi connectivity index (χ0v) is 18.2. The van der Waals surface area contributed by atoms with Crippen LogP contribution in [0.5, 0.6) is 0 Å².